The fourth-order valence-corrected chi connectivity index (χ4v) is 1.77. The molecule has 0 aromatic carbocycles. The summed E-state index contributed by atoms with van der Waals surface area (Å²) >= 11 is 0. The van der Waals surface area contributed by atoms with E-state index >= 15 is 0 Å². The Bertz CT molecular complexity index is 522. The van der Waals surface area contributed by atoms with Gasteiger partial charge in [-0.3, -0.25) is 4.98 Å². The highest BCUT2D eigenvalue weighted by atomic mass is 16.5. The molecule has 2 rings (SSSR count). The number of carbonyl (C=O) groups is 1. The van der Waals surface area contributed by atoms with Crippen LogP contribution in [0.25, 0.3) is 0 Å². The molecule has 5 nitrogen and oxygen atoms in total. The summed E-state index contributed by atoms with van der Waals surface area (Å²) in [5, 5.41) is 3.31. The molecule has 0 fully saturated rings. The molecule has 0 amide bonds. The van der Waals surface area contributed by atoms with Crippen molar-refractivity contribution in [2.45, 2.75) is 13.0 Å². The molecule has 19 heavy (non-hydrogen) atoms. The van der Waals surface area contributed by atoms with Gasteiger partial charge in [-0.1, -0.05) is 6.07 Å². The van der Waals surface area contributed by atoms with Gasteiger partial charge in [0.1, 0.15) is 5.69 Å². The Morgan fingerprint density at radius 1 is 1.42 bits per heavy atom. The first kappa shape index (κ1) is 13.3. The van der Waals surface area contributed by atoms with E-state index in [0.29, 0.717) is 12.2 Å². The predicted molar refractivity (Wildman–Crippen MR) is 71.8 cm³/mol. The lowest BCUT2D eigenvalue weighted by atomic mass is 10.2. The number of hydrogen-bond donors (Lipinski definition) is 2. The number of esters is 1. The number of H-pyrrole nitrogens is 1. The second kappa shape index (κ2) is 6.70. The third-order valence-electron chi connectivity index (χ3n) is 2.78. The number of methoxy groups -OCH3 is 1. The molecule has 0 atom stereocenters. The summed E-state index contributed by atoms with van der Waals surface area (Å²) in [6.07, 6.45) is 4.56. The molecule has 100 valence electrons. The summed E-state index contributed by atoms with van der Waals surface area (Å²) in [5.41, 5.74) is 2.65. The van der Waals surface area contributed by atoms with Gasteiger partial charge < -0.3 is 15.0 Å². The molecule has 0 aliphatic rings. The zero-order valence-electron chi connectivity index (χ0n) is 10.8. The minimum Gasteiger partial charge on any atom is -0.464 e. The number of ether oxygens (including phenoxy) is 1. The van der Waals surface area contributed by atoms with Crippen LogP contribution in [0, 0.1) is 0 Å². The van der Waals surface area contributed by atoms with Crippen molar-refractivity contribution in [2.24, 2.45) is 0 Å². The second-order valence-corrected chi connectivity index (χ2v) is 4.18. The Labute approximate surface area is 112 Å². The van der Waals surface area contributed by atoms with Crippen molar-refractivity contribution in [2.75, 3.05) is 13.7 Å². The zero-order chi connectivity index (χ0) is 13.5. The predicted octanol–water partition coefficient (Wildman–Crippen LogP) is 1.53. The van der Waals surface area contributed by atoms with E-state index < -0.39 is 0 Å². The molecule has 0 saturated carbocycles. The quantitative estimate of drug-likeness (QED) is 0.610. The number of nitrogens with one attached hydrogen (secondary N) is 2. The van der Waals surface area contributed by atoms with Crippen LogP contribution < -0.4 is 5.32 Å². The molecule has 0 radical (unpaired) electrons. The van der Waals surface area contributed by atoms with Crippen molar-refractivity contribution < 1.29 is 9.53 Å². The Kier molecular flexibility index (Phi) is 4.69. The molecule has 0 aliphatic carbocycles. The highest BCUT2D eigenvalue weighted by Gasteiger charge is 2.07. The van der Waals surface area contributed by atoms with Crippen LogP contribution in [0.1, 0.15) is 21.7 Å². The first-order valence-corrected chi connectivity index (χ1v) is 6.15. The van der Waals surface area contributed by atoms with E-state index in [1.807, 2.05) is 18.3 Å². The van der Waals surface area contributed by atoms with Gasteiger partial charge in [0.05, 0.1) is 7.11 Å². The van der Waals surface area contributed by atoms with Crippen molar-refractivity contribution >= 4 is 5.97 Å². The van der Waals surface area contributed by atoms with Crippen LogP contribution in [0.3, 0.4) is 0 Å². The molecule has 5 heteroatoms. The lowest BCUT2D eigenvalue weighted by Gasteiger charge is -2.03. The summed E-state index contributed by atoms with van der Waals surface area (Å²) in [6.45, 7) is 1.55. The SMILES string of the molecule is COC(=O)c1ccc(CNCCc2cccnc2)[nH]1. The van der Waals surface area contributed by atoms with Gasteiger partial charge in [-0.2, -0.15) is 0 Å². The standard InChI is InChI=1S/C14H17N3O2/c1-19-14(18)13-5-4-12(17-13)10-16-8-6-11-3-2-7-15-9-11/h2-5,7,9,16-17H,6,8,10H2,1H3. The van der Waals surface area contributed by atoms with Gasteiger partial charge >= 0.3 is 5.97 Å². The maximum Gasteiger partial charge on any atom is 0.354 e. The second-order valence-electron chi connectivity index (χ2n) is 4.18. The topological polar surface area (TPSA) is 67.0 Å². The fraction of sp³-hybridized carbons (Fsp3) is 0.286. The first-order chi connectivity index (χ1) is 9.29. The lowest BCUT2D eigenvalue weighted by Crippen LogP contribution is -2.17. The van der Waals surface area contributed by atoms with E-state index in [1.54, 1.807) is 12.3 Å². The number of rotatable bonds is 6. The van der Waals surface area contributed by atoms with Crippen LogP contribution in [-0.2, 0) is 17.7 Å². The summed E-state index contributed by atoms with van der Waals surface area (Å²) in [7, 11) is 1.37. The fourth-order valence-electron chi connectivity index (χ4n) is 1.77. The average Bonchev–Trinajstić information content (AvgIpc) is 2.93. The molecule has 0 unspecified atom stereocenters. The van der Waals surface area contributed by atoms with E-state index in [-0.39, 0.29) is 5.97 Å². The van der Waals surface area contributed by atoms with Crippen LogP contribution in [0.2, 0.25) is 0 Å². The Hall–Kier alpha value is -2.14. The Morgan fingerprint density at radius 3 is 3.05 bits per heavy atom. The van der Waals surface area contributed by atoms with Gasteiger partial charge in [0.15, 0.2) is 0 Å². The van der Waals surface area contributed by atoms with Crippen LogP contribution in [0.4, 0.5) is 0 Å². The van der Waals surface area contributed by atoms with E-state index in [9.17, 15) is 4.79 Å². The minimum atomic E-state index is -0.346. The molecule has 0 bridgehead atoms. The maximum atomic E-state index is 11.3. The minimum absolute atomic E-state index is 0.346. The number of pyridine rings is 1. The molecule has 2 aromatic rings. The molecule has 0 spiro atoms. The molecule has 0 aliphatic heterocycles. The number of nitrogens with zero attached hydrogens (tertiary/aromatic N) is 1. The normalized spacial score (nSPS) is 10.4. The summed E-state index contributed by atoms with van der Waals surface area (Å²) < 4.78 is 4.64. The Morgan fingerprint density at radius 2 is 2.32 bits per heavy atom. The molecule has 2 heterocycles. The van der Waals surface area contributed by atoms with Gasteiger partial charge in [-0.15, -0.1) is 0 Å². The number of hydrogen-bond acceptors (Lipinski definition) is 4. The van der Waals surface area contributed by atoms with E-state index in [1.165, 1.54) is 12.7 Å². The third kappa shape index (κ3) is 3.93. The zero-order valence-corrected chi connectivity index (χ0v) is 10.8. The van der Waals surface area contributed by atoms with E-state index in [0.717, 1.165) is 18.7 Å². The van der Waals surface area contributed by atoms with Crippen molar-refractivity contribution in [3.63, 3.8) is 0 Å². The van der Waals surface area contributed by atoms with Crippen LogP contribution in [0.15, 0.2) is 36.7 Å². The lowest BCUT2D eigenvalue weighted by molar-refractivity contribution is 0.0594. The monoisotopic (exact) mass is 259 g/mol. The van der Waals surface area contributed by atoms with Crippen molar-refractivity contribution in [1.29, 1.82) is 0 Å². The summed E-state index contributed by atoms with van der Waals surface area (Å²) in [5.74, 6) is -0.346. The van der Waals surface area contributed by atoms with Gasteiger partial charge in [0.2, 0.25) is 0 Å². The largest absolute Gasteiger partial charge is 0.464 e. The number of aromatic nitrogens is 2. The van der Waals surface area contributed by atoms with Gasteiger partial charge in [-0.25, -0.2) is 4.79 Å². The Balaban J connectivity index is 1.74. The average molecular weight is 259 g/mol. The maximum absolute atomic E-state index is 11.3. The molecule has 0 saturated heterocycles. The van der Waals surface area contributed by atoms with Gasteiger partial charge in [-0.05, 0) is 36.7 Å². The highest BCUT2D eigenvalue weighted by Crippen LogP contribution is 2.03. The van der Waals surface area contributed by atoms with E-state index in [2.05, 4.69) is 26.1 Å². The van der Waals surface area contributed by atoms with Gasteiger partial charge in [0.25, 0.3) is 0 Å². The van der Waals surface area contributed by atoms with Crippen molar-refractivity contribution in [3.8, 4) is 0 Å². The highest BCUT2D eigenvalue weighted by molar-refractivity contribution is 5.87. The molecule has 2 N–H and O–H groups in total. The smallest absolute Gasteiger partial charge is 0.354 e. The van der Waals surface area contributed by atoms with Crippen LogP contribution in [0.5, 0.6) is 0 Å². The molecular weight excluding hydrogens is 242 g/mol. The third-order valence-corrected chi connectivity index (χ3v) is 2.78. The van der Waals surface area contributed by atoms with Crippen molar-refractivity contribution in [1.82, 2.24) is 15.3 Å². The molecular formula is C14H17N3O2. The summed E-state index contributed by atoms with van der Waals surface area (Å²) in [4.78, 5) is 18.3. The van der Waals surface area contributed by atoms with E-state index in [4.69, 9.17) is 0 Å². The van der Waals surface area contributed by atoms with Crippen LogP contribution in [-0.4, -0.2) is 29.6 Å². The van der Waals surface area contributed by atoms with Crippen LogP contribution >= 0.6 is 0 Å². The first-order valence-electron chi connectivity index (χ1n) is 6.15. The van der Waals surface area contributed by atoms with Crippen molar-refractivity contribution in [3.05, 3.63) is 53.6 Å². The number of aromatic amines is 1. The van der Waals surface area contributed by atoms with Gasteiger partial charge in [0, 0.05) is 24.6 Å². The summed E-state index contributed by atoms with van der Waals surface area (Å²) in [6, 6.07) is 7.59. The molecule has 2 aromatic heterocycles. The number of carbonyl (C=O) groups excluding carboxylic acids is 1.